The summed E-state index contributed by atoms with van der Waals surface area (Å²) >= 11 is 0. The van der Waals surface area contributed by atoms with Gasteiger partial charge in [-0.25, -0.2) is 4.79 Å². The number of para-hydroxylation sites is 1. The maximum Gasteiger partial charge on any atom is 0.338 e. The maximum absolute atomic E-state index is 12.5. The van der Waals surface area contributed by atoms with Gasteiger partial charge in [0, 0.05) is 11.8 Å². The fraction of sp³-hybridized carbons (Fsp3) is 0.150. The second-order valence-corrected chi connectivity index (χ2v) is 5.88. The van der Waals surface area contributed by atoms with Crippen molar-refractivity contribution in [1.82, 2.24) is 0 Å². The smallest absolute Gasteiger partial charge is 0.338 e. The number of esters is 1. The second-order valence-electron chi connectivity index (χ2n) is 5.88. The summed E-state index contributed by atoms with van der Waals surface area (Å²) in [5.74, 6) is -1.17. The van der Waals surface area contributed by atoms with E-state index in [1.54, 1.807) is 37.3 Å². The molecule has 1 aromatic heterocycles. The molecule has 0 fully saturated rings. The summed E-state index contributed by atoms with van der Waals surface area (Å²) < 4.78 is 10.3. The van der Waals surface area contributed by atoms with Crippen molar-refractivity contribution >= 4 is 28.5 Å². The van der Waals surface area contributed by atoms with Crippen LogP contribution in [0.4, 0.5) is 5.69 Å². The van der Waals surface area contributed by atoms with Crippen LogP contribution in [0.15, 0.2) is 51.7 Å². The van der Waals surface area contributed by atoms with Gasteiger partial charge in [0.05, 0.1) is 18.1 Å². The van der Waals surface area contributed by atoms with Crippen LogP contribution in [-0.2, 0) is 4.74 Å². The summed E-state index contributed by atoms with van der Waals surface area (Å²) in [5.41, 5.74) is 2.40. The van der Waals surface area contributed by atoms with Crippen LogP contribution in [0.3, 0.4) is 0 Å². The highest BCUT2D eigenvalue weighted by Crippen LogP contribution is 2.22. The quantitative estimate of drug-likeness (QED) is 0.731. The lowest BCUT2D eigenvalue weighted by atomic mass is 10.0. The van der Waals surface area contributed by atoms with Crippen LogP contribution >= 0.6 is 0 Å². The Kier molecular flexibility index (Phi) is 4.58. The predicted molar refractivity (Wildman–Crippen MR) is 97.7 cm³/mol. The molecule has 0 atom stereocenters. The molecule has 0 aliphatic rings. The first-order valence-corrected chi connectivity index (χ1v) is 7.94. The first kappa shape index (κ1) is 17.4. The predicted octanol–water partition coefficient (Wildman–Crippen LogP) is 3.45. The van der Waals surface area contributed by atoms with Crippen LogP contribution in [0.5, 0.6) is 0 Å². The number of amides is 1. The molecule has 2 aromatic carbocycles. The Bertz CT molecular complexity index is 1080. The number of fused-ring (bicyclic) bond motifs is 1. The monoisotopic (exact) mass is 351 g/mol. The zero-order valence-corrected chi connectivity index (χ0v) is 14.6. The van der Waals surface area contributed by atoms with E-state index in [0.29, 0.717) is 22.2 Å². The summed E-state index contributed by atoms with van der Waals surface area (Å²) in [5, 5.41) is 3.06. The van der Waals surface area contributed by atoms with Crippen molar-refractivity contribution in [3.8, 4) is 0 Å². The number of hydrogen-bond donors (Lipinski definition) is 1. The van der Waals surface area contributed by atoms with Crippen molar-refractivity contribution in [2.45, 2.75) is 13.8 Å². The molecule has 1 heterocycles. The van der Waals surface area contributed by atoms with E-state index in [1.165, 1.54) is 13.2 Å². The number of methoxy groups -OCH3 is 1. The molecule has 0 saturated carbocycles. The number of carbonyl (C=O) groups is 2. The van der Waals surface area contributed by atoms with Gasteiger partial charge in [0.2, 0.25) is 0 Å². The molecule has 0 saturated heterocycles. The Morgan fingerprint density at radius 1 is 1.08 bits per heavy atom. The Labute approximate surface area is 149 Å². The van der Waals surface area contributed by atoms with Crippen molar-refractivity contribution in [3.05, 3.63) is 75.1 Å². The highest BCUT2D eigenvalue weighted by Gasteiger charge is 2.16. The third kappa shape index (κ3) is 3.21. The van der Waals surface area contributed by atoms with E-state index in [-0.39, 0.29) is 11.2 Å². The van der Waals surface area contributed by atoms with Gasteiger partial charge in [-0.15, -0.1) is 0 Å². The minimum Gasteiger partial charge on any atom is -0.465 e. The Balaban J connectivity index is 1.97. The molecule has 0 bridgehead atoms. The van der Waals surface area contributed by atoms with E-state index in [1.807, 2.05) is 6.92 Å². The van der Waals surface area contributed by atoms with Gasteiger partial charge in [-0.1, -0.05) is 12.1 Å². The van der Waals surface area contributed by atoms with Gasteiger partial charge in [0.1, 0.15) is 5.58 Å². The van der Waals surface area contributed by atoms with E-state index in [0.717, 1.165) is 17.2 Å². The Morgan fingerprint density at radius 3 is 2.54 bits per heavy atom. The highest BCUT2D eigenvalue weighted by molar-refractivity contribution is 6.04. The van der Waals surface area contributed by atoms with Crippen molar-refractivity contribution < 1.29 is 18.7 Å². The lowest BCUT2D eigenvalue weighted by Crippen LogP contribution is -2.16. The molecule has 0 unspecified atom stereocenters. The van der Waals surface area contributed by atoms with Gasteiger partial charge >= 0.3 is 5.97 Å². The number of anilines is 1. The van der Waals surface area contributed by atoms with Gasteiger partial charge < -0.3 is 14.5 Å². The molecule has 6 nitrogen and oxygen atoms in total. The third-order valence-corrected chi connectivity index (χ3v) is 4.19. The summed E-state index contributed by atoms with van der Waals surface area (Å²) in [4.78, 5) is 36.5. The van der Waals surface area contributed by atoms with Gasteiger partial charge in [-0.2, -0.15) is 0 Å². The van der Waals surface area contributed by atoms with Crippen LogP contribution < -0.4 is 10.7 Å². The molecule has 0 aliphatic heterocycles. The summed E-state index contributed by atoms with van der Waals surface area (Å²) in [6.45, 7) is 3.63. The minimum atomic E-state index is -0.577. The molecule has 26 heavy (non-hydrogen) atoms. The largest absolute Gasteiger partial charge is 0.465 e. The highest BCUT2D eigenvalue weighted by atomic mass is 16.5. The lowest BCUT2D eigenvalue weighted by molar-refractivity contribution is 0.0599. The second kappa shape index (κ2) is 6.84. The fourth-order valence-corrected chi connectivity index (χ4v) is 2.66. The summed E-state index contributed by atoms with van der Waals surface area (Å²) in [6, 6.07) is 11.1. The number of carbonyl (C=O) groups excluding carboxylic acids is 2. The van der Waals surface area contributed by atoms with Crippen LogP contribution in [0.2, 0.25) is 0 Å². The van der Waals surface area contributed by atoms with Crippen LogP contribution in [0.25, 0.3) is 11.0 Å². The van der Waals surface area contributed by atoms with Gasteiger partial charge in [0.25, 0.3) is 5.91 Å². The molecule has 132 valence electrons. The molecule has 6 heteroatoms. The average molecular weight is 351 g/mol. The van der Waals surface area contributed by atoms with E-state index >= 15 is 0 Å². The molecular weight excluding hydrogens is 334 g/mol. The van der Waals surface area contributed by atoms with Crippen LogP contribution in [0, 0.1) is 13.8 Å². The molecule has 0 radical (unpaired) electrons. The van der Waals surface area contributed by atoms with E-state index in [4.69, 9.17) is 9.15 Å². The van der Waals surface area contributed by atoms with Crippen molar-refractivity contribution in [2.75, 3.05) is 12.4 Å². The topological polar surface area (TPSA) is 85.6 Å². The third-order valence-electron chi connectivity index (χ3n) is 4.19. The Morgan fingerprint density at radius 2 is 1.81 bits per heavy atom. The number of nitrogens with one attached hydrogen (secondary N) is 1. The number of rotatable bonds is 3. The standard InChI is InChI=1S/C20H17NO5/c1-11-8-13(9-15(12(11)2)20(24)25-3)21-19(23)18-10-16(22)14-6-4-5-7-17(14)26-18/h4-10H,1-3H3,(H,21,23). The van der Waals surface area contributed by atoms with E-state index in [2.05, 4.69) is 5.32 Å². The molecule has 0 aliphatic carbocycles. The van der Waals surface area contributed by atoms with E-state index in [9.17, 15) is 14.4 Å². The first-order valence-electron chi connectivity index (χ1n) is 7.94. The number of hydrogen-bond acceptors (Lipinski definition) is 5. The van der Waals surface area contributed by atoms with Gasteiger partial charge in [-0.3, -0.25) is 9.59 Å². The molecule has 3 aromatic rings. The van der Waals surface area contributed by atoms with Crippen molar-refractivity contribution in [2.24, 2.45) is 0 Å². The maximum atomic E-state index is 12.5. The van der Waals surface area contributed by atoms with Crippen molar-refractivity contribution in [1.29, 1.82) is 0 Å². The number of aryl methyl sites for hydroxylation is 1. The van der Waals surface area contributed by atoms with Crippen LogP contribution in [-0.4, -0.2) is 19.0 Å². The van der Waals surface area contributed by atoms with Gasteiger partial charge in [-0.05, 0) is 49.2 Å². The zero-order chi connectivity index (χ0) is 18.8. The fourth-order valence-electron chi connectivity index (χ4n) is 2.66. The average Bonchev–Trinajstić information content (AvgIpc) is 2.63. The SMILES string of the molecule is COC(=O)c1cc(NC(=O)c2cc(=O)c3ccccc3o2)cc(C)c1C. The minimum absolute atomic E-state index is 0.105. The van der Waals surface area contributed by atoms with Crippen LogP contribution in [0.1, 0.15) is 32.0 Å². The molecule has 0 spiro atoms. The molecule has 3 rings (SSSR count). The molecule has 1 amide bonds. The number of benzene rings is 2. The summed E-state index contributed by atoms with van der Waals surface area (Å²) in [6.07, 6.45) is 0. The van der Waals surface area contributed by atoms with E-state index < -0.39 is 11.9 Å². The lowest BCUT2D eigenvalue weighted by Gasteiger charge is -2.11. The molecular formula is C20H17NO5. The summed E-state index contributed by atoms with van der Waals surface area (Å²) in [7, 11) is 1.30. The first-order chi connectivity index (χ1) is 12.4. The number of ether oxygens (including phenoxy) is 1. The zero-order valence-electron chi connectivity index (χ0n) is 14.6. The van der Waals surface area contributed by atoms with Crippen molar-refractivity contribution in [3.63, 3.8) is 0 Å². The molecule has 1 N–H and O–H groups in total. The van der Waals surface area contributed by atoms with Gasteiger partial charge in [0.15, 0.2) is 11.2 Å². The Hall–Kier alpha value is -3.41. The normalized spacial score (nSPS) is 10.6.